The van der Waals surface area contributed by atoms with Crippen molar-refractivity contribution in [3.05, 3.63) is 0 Å². The lowest BCUT2D eigenvalue weighted by Gasteiger charge is -2.19. The fourth-order valence-corrected chi connectivity index (χ4v) is 2.48. The maximum absolute atomic E-state index is 9.59. The molecule has 0 aromatic heterocycles. The molecule has 0 aliphatic carbocycles. The summed E-state index contributed by atoms with van der Waals surface area (Å²) in [5, 5.41) is 12.8. The van der Waals surface area contributed by atoms with Crippen LogP contribution in [0.2, 0.25) is 0 Å². The van der Waals surface area contributed by atoms with E-state index in [-0.39, 0.29) is 6.10 Å². The van der Waals surface area contributed by atoms with Crippen LogP contribution in [-0.4, -0.2) is 48.3 Å². The van der Waals surface area contributed by atoms with Gasteiger partial charge in [-0.1, -0.05) is 0 Å². The highest BCUT2D eigenvalue weighted by molar-refractivity contribution is 5.00. The van der Waals surface area contributed by atoms with Crippen molar-refractivity contribution in [3.63, 3.8) is 0 Å². The minimum Gasteiger partial charge on any atom is -0.390 e. The van der Waals surface area contributed by atoms with Gasteiger partial charge in [-0.15, -0.1) is 0 Å². The molecule has 0 radical (unpaired) electrons. The van der Waals surface area contributed by atoms with E-state index in [1.807, 2.05) is 7.05 Å². The maximum Gasteiger partial charge on any atom is 0.0835 e. The van der Waals surface area contributed by atoms with Gasteiger partial charge >= 0.3 is 0 Å². The van der Waals surface area contributed by atoms with E-state index in [1.54, 1.807) is 0 Å². The molecule has 2 rings (SSSR count). The highest BCUT2D eigenvalue weighted by atomic mass is 16.3. The lowest BCUT2D eigenvalue weighted by molar-refractivity contribution is 0.154. The van der Waals surface area contributed by atoms with Crippen molar-refractivity contribution in [2.75, 3.05) is 20.1 Å². The van der Waals surface area contributed by atoms with E-state index in [2.05, 4.69) is 10.2 Å². The van der Waals surface area contributed by atoms with Crippen LogP contribution in [0.1, 0.15) is 12.8 Å². The number of hydrogen-bond donors (Lipinski definition) is 2. The number of rotatable bonds is 1. The second-order valence-corrected chi connectivity index (χ2v) is 3.59. The van der Waals surface area contributed by atoms with Gasteiger partial charge in [0, 0.05) is 18.6 Å². The monoisotopic (exact) mass is 156 g/mol. The molecule has 11 heavy (non-hydrogen) atoms. The van der Waals surface area contributed by atoms with E-state index >= 15 is 0 Å². The molecule has 0 amide bonds. The first-order valence-electron chi connectivity index (χ1n) is 4.42. The van der Waals surface area contributed by atoms with E-state index in [1.165, 1.54) is 19.4 Å². The van der Waals surface area contributed by atoms with Crippen LogP contribution in [0.5, 0.6) is 0 Å². The van der Waals surface area contributed by atoms with Gasteiger partial charge in [0.1, 0.15) is 0 Å². The number of likely N-dealkylation sites (N-methyl/N-ethyl adjacent to an activating group) is 1. The molecule has 3 unspecified atom stereocenters. The van der Waals surface area contributed by atoms with Crippen LogP contribution in [0.25, 0.3) is 0 Å². The van der Waals surface area contributed by atoms with Gasteiger partial charge in [-0.05, 0) is 26.4 Å². The van der Waals surface area contributed by atoms with Gasteiger partial charge in [-0.2, -0.15) is 0 Å². The summed E-state index contributed by atoms with van der Waals surface area (Å²) in [5.74, 6) is 0. The molecule has 0 bridgehead atoms. The number of fused-ring (bicyclic) bond motifs is 1. The summed E-state index contributed by atoms with van der Waals surface area (Å²) in [5.41, 5.74) is 0. The summed E-state index contributed by atoms with van der Waals surface area (Å²) in [7, 11) is 1.94. The summed E-state index contributed by atoms with van der Waals surface area (Å²) in [6, 6.07) is 0.924. The number of aliphatic hydroxyl groups is 1. The van der Waals surface area contributed by atoms with Gasteiger partial charge in [-0.3, -0.25) is 4.90 Å². The third-order valence-corrected chi connectivity index (χ3v) is 3.00. The molecule has 3 heteroatoms. The summed E-state index contributed by atoms with van der Waals surface area (Å²) in [6.45, 7) is 2.05. The molecule has 3 atom stereocenters. The molecule has 2 heterocycles. The van der Waals surface area contributed by atoms with Crippen molar-refractivity contribution >= 4 is 0 Å². The largest absolute Gasteiger partial charge is 0.390 e. The van der Waals surface area contributed by atoms with E-state index in [0.717, 1.165) is 6.54 Å². The molecule has 0 saturated carbocycles. The van der Waals surface area contributed by atoms with Gasteiger partial charge in [0.05, 0.1) is 6.10 Å². The molecule has 3 nitrogen and oxygen atoms in total. The molecule has 0 aromatic rings. The van der Waals surface area contributed by atoms with Crippen LogP contribution in [0.3, 0.4) is 0 Å². The Morgan fingerprint density at radius 1 is 1.55 bits per heavy atom. The Balaban J connectivity index is 2.07. The summed E-state index contributed by atoms with van der Waals surface area (Å²) in [6.07, 6.45) is 2.41. The quantitative estimate of drug-likeness (QED) is 0.533. The first-order valence-corrected chi connectivity index (χ1v) is 4.42. The van der Waals surface area contributed by atoms with Crippen molar-refractivity contribution < 1.29 is 5.11 Å². The lowest BCUT2D eigenvalue weighted by Crippen LogP contribution is -2.42. The van der Waals surface area contributed by atoms with Crippen molar-refractivity contribution in [1.29, 1.82) is 0 Å². The zero-order valence-electron chi connectivity index (χ0n) is 6.95. The number of nitrogens with one attached hydrogen (secondary N) is 1. The van der Waals surface area contributed by atoms with Crippen LogP contribution < -0.4 is 5.32 Å². The van der Waals surface area contributed by atoms with E-state index in [0.29, 0.717) is 12.1 Å². The Kier molecular flexibility index (Phi) is 1.87. The molecule has 2 aliphatic heterocycles. The fraction of sp³-hybridized carbons (Fsp3) is 1.00. The minimum absolute atomic E-state index is 0.148. The topological polar surface area (TPSA) is 35.5 Å². The van der Waals surface area contributed by atoms with Crippen molar-refractivity contribution in [2.24, 2.45) is 0 Å². The van der Waals surface area contributed by atoms with Crippen molar-refractivity contribution in [2.45, 2.75) is 31.0 Å². The van der Waals surface area contributed by atoms with E-state index < -0.39 is 0 Å². The van der Waals surface area contributed by atoms with Crippen LogP contribution in [0.4, 0.5) is 0 Å². The zero-order chi connectivity index (χ0) is 7.84. The SMILES string of the molecule is CNC1C(O)CN2CCCC12. The highest BCUT2D eigenvalue weighted by Gasteiger charge is 2.41. The van der Waals surface area contributed by atoms with E-state index in [9.17, 15) is 5.11 Å². The molecule has 64 valence electrons. The van der Waals surface area contributed by atoms with Gasteiger partial charge in [-0.25, -0.2) is 0 Å². The first kappa shape index (κ1) is 7.53. The van der Waals surface area contributed by atoms with E-state index in [4.69, 9.17) is 0 Å². The smallest absolute Gasteiger partial charge is 0.0835 e. The molecular formula is C8H16N2O. The molecule has 2 N–H and O–H groups in total. The van der Waals surface area contributed by atoms with Gasteiger partial charge in [0.25, 0.3) is 0 Å². The zero-order valence-corrected chi connectivity index (χ0v) is 6.95. The maximum atomic E-state index is 9.59. The molecule has 0 aromatic carbocycles. The Morgan fingerprint density at radius 3 is 3.09 bits per heavy atom. The standard InChI is InChI=1S/C8H16N2O/c1-9-8-6-3-2-4-10(6)5-7(8)11/h6-9,11H,2-5H2,1H3. The third kappa shape index (κ3) is 1.08. The Labute approximate surface area is 67.4 Å². The summed E-state index contributed by atoms with van der Waals surface area (Å²) in [4.78, 5) is 2.39. The van der Waals surface area contributed by atoms with Crippen molar-refractivity contribution in [3.8, 4) is 0 Å². The van der Waals surface area contributed by atoms with Crippen LogP contribution in [-0.2, 0) is 0 Å². The Morgan fingerprint density at radius 2 is 2.36 bits per heavy atom. The summed E-state index contributed by atoms with van der Waals surface area (Å²) < 4.78 is 0. The predicted molar refractivity (Wildman–Crippen MR) is 43.4 cm³/mol. The number of nitrogens with zero attached hydrogens (tertiary/aromatic N) is 1. The van der Waals surface area contributed by atoms with Crippen LogP contribution >= 0.6 is 0 Å². The van der Waals surface area contributed by atoms with Crippen LogP contribution in [0, 0.1) is 0 Å². The molecule has 2 fully saturated rings. The van der Waals surface area contributed by atoms with Gasteiger partial charge in [0.15, 0.2) is 0 Å². The lowest BCUT2D eigenvalue weighted by atomic mass is 10.1. The molecule has 2 aliphatic rings. The average Bonchev–Trinajstić information content (AvgIpc) is 2.46. The first-order chi connectivity index (χ1) is 5.33. The Hall–Kier alpha value is -0.120. The van der Waals surface area contributed by atoms with Crippen molar-refractivity contribution in [1.82, 2.24) is 10.2 Å². The second kappa shape index (κ2) is 2.73. The fourth-order valence-electron chi connectivity index (χ4n) is 2.48. The predicted octanol–water partition coefficient (Wildman–Crippen LogP) is -0.587. The molecule has 2 saturated heterocycles. The minimum atomic E-state index is -0.148. The van der Waals surface area contributed by atoms with Crippen LogP contribution in [0.15, 0.2) is 0 Å². The van der Waals surface area contributed by atoms with Gasteiger partial charge in [0.2, 0.25) is 0 Å². The number of hydrogen-bond acceptors (Lipinski definition) is 3. The molecular weight excluding hydrogens is 140 g/mol. The normalized spacial score (nSPS) is 44.7. The number of aliphatic hydroxyl groups excluding tert-OH is 1. The van der Waals surface area contributed by atoms with Gasteiger partial charge < -0.3 is 10.4 Å². The third-order valence-electron chi connectivity index (χ3n) is 3.00. The Bertz CT molecular complexity index is 151. The molecule has 0 spiro atoms. The average molecular weight is 156 g/mol. The highest BCUT2D eigenvalue weighted by Crippen LogP contribution is 2.27. The summed E-state index contributed by atoms with van der Waals surface area (Å²) >= 11 is 0. The second-order valence-electron chi connectivity index (χ2n) is 3.59.